The van der Waals surface area contributed by atoms with Crippen molar-refractivity contribution < 1.29 is 9.50 Å². The van der Waals surface area contributed by atoms with Gasteiger partial charge in [0.15, 0.2) is 0 Å². The lowest BCUT2D eigenvalue weighted by Gasteiger charge is -2.20. The van der Waals surface area contributed by atoms with E-state index in [1.54, 1.807) is 30.5 Å². The number of nitrogens with one attached hydrogen (secondary N) is 2. The summed E-state index contributed by atoms with van der Waals surface area (Å²) in [5.74, 6) is -0.0890. The Morgan fingerprint density at radius 1 is 1.40 bits per heavy atom. The van der Waals surface area contributed by atoms with E-state index in [0.29, 0.717) is 35.0 Å². The molecule has 0 saturated carbocycles. The summed E-state index contributed by atoms with van der Waals surface area (Å²) in [6.07, 6.45) is 5.09. The fraction of sp³-hybridized carbons (Fsp3) is 0.273. The number of aliphatic hydroxyl groups is 1. The molecule has 1 aliphatic heterocycles. The average Bonchev–Trinajstić information content (AvgIpc) is 2.72. The number of allylic oxidation sites excluding steroid dienone is 2. The summed E-state index contributed by atoms with van der Waals surface area (Å²) in [5.41, 5.74) is 11.0. The van der Waals surface area contributed by atoms with E-state index in [4.69, 9.17) is 17.3 Å². The van der Waals surface area contributed by atoms with E-state index in [0.717, 1.165) is 5.56 Å². The number of aliphatic imine (C=N–C) groups is 1. The highest BCUT2D eigenvalue weighted by molar-refractivity contribution is 6.39. The first-order valence-corrected chi connectivity index (χ1v) is 10.0. The Morgan fingerprint density at radius 3 is 2.70 bits per heavy atom. The number of likely N-dealkylation sites (N-methyl/N-ethyl adjacent to an activating group) is 1. The van der Waals surface area contributed by atoms with Gasteiger partial charge in [0.1, 0.15) is 17.8 Å². The van der Waals surface area contributed by atoms with Gasteiger partial charge in [0.25, 0.3) is 0 Å². The minimum Gasteiger partial charge on any atom is -0.386 e. The predicted molar refractivity (Wildman–Crippen MR) is 124 cm³/mol. The van der Waals surface area contributed by atoms with Gasteiger partial charge in [-0.25, -0.2) is 4.39 Å². The Labute approximate surface area is 182 Å². The maximum Gasteiger partial charge on any atom is 0.123 e. The van der Waals surface area contributed by atoms with Crippen LogP contribution in [-0.2, 0) is 6.54 Å². The molecule has 0 saturated heterocycles. The highest BCUT2D eigenvalue weighted by Gasteiger charge is 2.19. The lowest BCUT2D eigenvalue weighted by Crippen LogP contribution is -2.29. The number of nitrogens with zero attached hydrogens (tertiary/aromatic N) is 2. The standard InChI is InChI=1S/C20H23ClFN5O.C2H6/c1-3-24-18(9-19(23)25-10-14-4-6-16(22)7-5-14)20(28)17-12-27-26-11-15(21)8-13(17)2;1-2/h4-9,11-12,20,24,27-28H,2-3,10H2,1H3,(H2,23,25);1-2H3/b15-8+,17-12+,18-9-,26-11-;. The molecule has 5 N–H and O–H groups in total. The number of amidine groups is 1. The molecule has 1 aromatic carbocycles. The fourth-order valence-electron chi connectivity index (χ4n) is 2.42. The molecular weight excluding hydrogens is 405 g/mol. The van der Waals surface area contributed by atoms with E-state index in [2.05, 4.69) is 27.4 Å². The minimum absolute atomic E-state index is 0.218. The zero-order valence-electron chi connectivity index (χ0n) is 17.5. The van der Waals surface area contributed by atoms with Crippen LogP contribution in [0.1, 0.15) is 26.3 Å². The summed E-state index contributed by atoms with van der Waals surface area (Å²) in [6.45, 7) is 10.7. The van der Waals surface area contributed by atoms with Crippen LogP contribution in [0.25, 0.3) is 0 Å². The van der Waals surface area contributed by atoms with Crippen molar-refractivity contribution in [1.29, 1.82) is 0 Å². The predicted octanol–water partition coefficient (Wildman–Crippen LogP) is 3.72. The van der Waals surface area contributed by atoms with Crippen LogP contribution in [0.3, 0.4) is 0 Å². The maximum absolute atomic E-state index is 13.0. The molecule has 1 aromatic rings. The van der Waals surface area contributed by atoms with E-state index >= 15 is 0 Å². The highest BCUT2D eigenvalue weighted by atomic mass is 35.5. The number of aliphatic hydroxyl groups excluding tert-OH is 1. The van der Waals surface area contributed by atoms with Gasteiger partial charge in [0, 0.05) is 30.1 Å². The molecule has 0 spiro atoms. The molecule has 1 heterocycles. The van der Waals surface area contributed by atoms with Crippen molar-refractivity contribution in [3.05, 3.63) is 82.5 Å². The Bertz CT molecular complexity index is 857. The summed E-state index contributed by atoms with van der Waals surface area (Å²) in [4.78, 5) is 4.27. The second-order valence-corrected chi connectivity index (χ2v) is 6.38. The number of nitrogens with two attached hydrogens (primary N) is 1. The molecule has 0 amide bonds. The van der Waals surface area contributed by atoms with Crippen molar-refractivity contribution >= 4 is 23.7 Å². The third kappa shape index (κ3) is 8.23. The molecular formula is C22H29ClFN5O. The van der Waals surface area contributed by atoms with Crippen LogP contribution in [0.4, 0.5) is 4.39 Å². The molecule has 1 atom stereocenters. The number of halogens is 2. The highest BCUT2D eigenvalue weighted by Crippen LogP contribution is 2.21. The first-order chi connectivity index (χ1) is 14.4. The zero-order chi connectivity index (χ0) is 22.5. The van der Waals surface area contributed by atoms with Crippen molar-refractivity contribution in [2.24, 2.45) is 15.8 Å². The second kappa shape index (κ2) is 13.3. The Balaban J connectivity index is 0.00000218. The number of benzene rings is 1. The SMILES string of the molecule is C=C1/C=C(Cl)\C=N/N/C=C\1C(O)/C(=C/C(N)=NCc1ccc(F)cc1)NCC.CC. The topological polar surface area (TPSA) is 95.0 Å². The van der Waals surface area contributed by atoms with Gasteiger partial charge in [-0.15, -0.1) is 0 Å². The molecule has 0 radical (unpaired) electrons. The van der Waals surface area contributed by atoms with Gasteiger partial charge in [0.05, 0.1) is 17.8 Å². The van der Waals surface area contributed by atoms with Gasteiger partial charge in [-0.1, -0.05) is 44.2 Å². The molecule has 162 valence electrons. The van der Waals surface area contributed by atoms with Crippen molar-refractivity contribution in [2.75, 3.05) is 6.54 Å². The van der Waals surface area contributed by atoms with Crippen LogP contribution >= 0.6 is 11.6 Å². The van der Waals surface area contributed by atoms with E-state index in [1.165, 1.54) is 18.3 Å². The van der Waals surface area contributed by atoms with Crippen molar-refractivity contribution in [1.82, 2.24) is 10.7 Å². The van der Waals surface area contributed by atoms with E-state index < -0.39 is 6.10 Å². The Morgan fingerprint density at radius 2 is 2.07 bits per heavy atom. The monoisotopic (exact) mass is 433 g/mol. The summed E-state index contributed by atoms with van der Waals surface area (Å²) < 4.78 is 13.0. The molecule has 0 bridgehead atoms. The smallest absolute Gasteiger partial charge is 0.123 e. The lowest BCUT2D eigenvalue weighted by molar-refractivity contribution is 0.240. The lowest BCUT2D eigenvalue weighted by atomic mass is 9.99. The van der Waals surface area contributed by atoms with E-state index in [1.807, 2.05) is 20.8 Å². The third-order valence-corrected chi connectivity index (χ3v) is 4.00. The van der Waals surface area contributed by atoms with Crippen molar-refractivity contribution in [3.63, 3.8) is 0 Å². The molecule has 2 rings (SSSR count). The zero-order valence-corrected chi connectivity index (χ0v) is 18.2. The molecule has 0 fully saturated rings. The molecule has 0 aliphatic carbocycles. The Kier molecular flexibility index (Phi) is 11.2. The second-order valence-electron chi connectivity index (χ2n) is 5.94. The van der Waals surface area contributed by atoms with Crippen LogP contribution in [0.15, 0.2) is 81.2 Å². The van der Waals surface area contributed by atoms with Gasteiger partial charge in [0.2, 0.25) is 0 Å². The van der Waals surface area contributed by atoms with Gasteiger partial charge in [-0.3, -0.25) is 10.4 Å². The van der Waals surface area contributed by atoms with Gasteiger partial charge in [-0.05, 0) is 36.3 Å². The normalized spacial score (nSPS) is 20.1. The quantitative estimate of drug-likeness (QED) is 0.389. The fourth-order valence-corrected chi connectivity index (χ4v) is 2.60. The number of hydrogen-bond acceptors (Lipinski definition) is 5. The van der Waals surface area contributed by atoms with Crippen LogP contribution in [0.2, 0.25) is 0 Å². The molecule has 8 heteroatoms. The molecule has 1 aliphatic rings. The Hall–Kier alpha value is -2.90. The summed E-state index contributed by atoms with van der Waals surface area (Å²) in [7, 11) is 0. The van der Waals surface area contributed by atoms with Crippen LogP contribution in [0, 0.1) is 5.82 Å². The summed E-state index contributed by atoms with van der Waals surface area (Å²) >= 11 is 6.00. The van der Waals surface area contributed by atoms with Crippen LogP contribution in [-0.4, -0.2) is 29.8 Å². The molecule has 6 nitrogen and oxygen atoms in total. The average molecular weight is 434 g/mol. The maximum atomic E-state index is 13.0. The molecule has 0 aromatic heterocycles. The number of hydrazone groups is 1. The van der Waals surface area contributed by atoms with Gasteiger partial charge < -0.3 is 16.2 Å². The van der Waals surface area contributed by atoms with Crippen molar-refractivity contribution in [3.8, 4) is 0 Å². The minimum atomic E-state index is -1.05. The van der Waals surface area contributed by atoms with Gasteiger partial charge >= 0.3 is 0 Å². The largest absolute Gasteiger partial charge is 0.386 e. The third-order valence-electron chi connectivity index (χ3n) is 3.80. The number of hydrogen-bond donors (Lipinski definition) is 4. The summed E-state index contributed by atoms with van der Waals surface area (Å²) in [6, 6.07) is 6.01. The molecule has 1 unspecified atom stereocenters. The summed E-state index contributed by atoms with van der Waals surface area (Å²) in [5, 5.41) is 18.2. The number of rotatable bonds is 7. The van der Waals surface area contributed by atoms with E-state index in [9.17, 15) is 9.50 Å². The van der Waals surface area contributed by atoms with E-state index in [-0.39, 0.29) is 11.7 Å². The first-order valence-electron chi connectivity index (χ1n) is 9.63. The van der Waals surface area contributed by atoms with Gasteiger partial charge in [-0.2, -0.15) is 5.10 Å². The van der Waals surface area contributed by atoms with Crippen molar-refractivity contribution in [2.45, 2.75) is 33.4 Å². The first kappa shape index (κ1) is 25.1. The van der Waals surface area contributed by atoms with Crippen LogP contribution in [0.5, 0.6) is 0 Å². The molecule has 30 heavy (non-hydrogen) atoms. The van der Waals surface area contributed by atoms with Crippen LogP contribution < -0.4 is 16.5 Å².